The maximum Gasteiger partial charge on any atom is 0.0622 e. The highest BCUT2D eigenvalue weighted by molar-refractivity contribution is 5.47. The Labute approximate surface area is 179 Å². The van der Waals surface area contributed by atoms with Crippen LogP contribution in [0.15, 0.2) is 87.8 Å². The van der Waals surface area contributed by atoms with Crippen LogP contribution in [0.2, 0.25) is 0 Å². The van der Waals surface area contributed by atoms with Gasteiger partial charge in [-0.25, -0.2) is 0 Å². The number of hydrogen-bond donors (Lipinski definition) is 0. The van der Waals surface area contributed by atoms with Crippen LogP contribution in [0.5, 0.6) is 0 Å². The van der Waals surface area contributed by atoms with Gasteiger partial charge in [0, 0.05) is 19.6 Å². The minimum absolute atomic E-state index is 0.899. The predicted molar refractivity (Wildman–Crippen MR) is 130 cm³/mol. The summed E-state index contributed by atoms with van der Waals surface area (Å²) in [6, 6.07) is 24.9. The molecule has 4 nitrogen and oxygen atoms in total. The van der Waals surface area contributed by atoms with Gasteiger partial charge < -0.3 is 0 Å². The Balaban J connectivity index is 1.65. The Kier molecular flexibility index (Phi) is 7.81. The first-order valence-corrected chi connectivity index (χ1v) is 10.1. The molecule has 0 saturated carbocycles. The normalized spacial score (nSPS) is 10.7. The highest BCUT2D eigenvalue weighted by Gasteiger charge is 2.08. The standard InChI is InChI=1S/C26H28N4/c1-27-24-10-4-21(5-11-24)16-18-30(20-23-8-14-26(29-3)15-9-23)19-17-22-6-12-25(28-2)13-7-22/h4-15H,1-3,16-20H2. The minimum Gasteiger partial charge on any atom is -0.298 e. The first-order valence-electron chi connectivity index (χ1n) is 10.1. The highest BCUT2D eigenvalue weighted by Crippen LogP contribution is 2.17. The summed E-state index contributed by atoms with van der Waals surface area (Å²) in [5, 5.41) is 0. The van der Waals surface area contributed by atoms with Crippen molar-refractivity contribution in [2.24, 2.45) is 15.0 Å². The Morgan fingerprint density at radius 2 is 0.833 bits per heavy atom. The van der Waals surface area contributed by atoms with E-state index in [2.05, 4.69) is 76.4 Å². The zero-order chi connectivity index (χ0) is 21.2. The molecule has 3 aromatic carbocycles. The van der Waals surface area contributed by atoms with E-state index in [1.807, 2.05) is 36.4 Å². The fourth-order valence-corrected chi connectivity index (χ4v) is 3.35. The molecule has 0 aliphatic heterocycles. The molecule has 0 aromatic heterocycles. The van der Waals surface area contributed by atoms with Crippen molar-refractivity contribution in [3.63, 3.8) is 0 Å². The summed E-state index contributed by atoms with van der Waals surface area (Å²) < 4.78 is 0. The maximum atomic E-state index is 3.98. The van der Waals surface area contributed by atoms with Gasteiger partial charge in [0.1, 0.15) is 0 Å². The lowest BCUT2D eigenvalue weighted by atomic mass is 10.1. The highest BCUT2D eigenvalue weighted by atomic mass is 15.1. The van der Waals surface area contributed by atoms with Gasteiger partial charge >= 0.3 is 0 Å². The van der Waals surface area contributed by atoms with E-state index in [1.165, 1.54) is 16.7 Å². The van der Waals surface area contributed by atoms with Crippen molar-refractivity contribution in [1.29, 1.82) is 0 Å². The van der Waals surface area contributed by atoms with Crippen molar-refractivity contribution >= 4 is 37.2 Å². The molecule has 0 heterocycles. The first kappa shape index (κ1) is 21.3. The molecule has 0 amide bonds. The summed E-state index contributed by atoms with van der Waals surface area (Å²) in [5.74, 6) is 0. The lowest BCUT2D eigenvalue weighted by Crippen LogP contribution is -2.28. The molecular weight excluding hydrogens is 368 g/mol. The Morgan fingerprint density at radius 3 is 1.17 bits per heavy atom. The fraction of sp³-hybridized carbons (Fsp3) is 0.192. The van der Waals surface area contributed by atoms with Crippen molar-refractivity contribution in [3.05, 3.63) is 89.5 Å². The fourth-order valence-electron chi connectivity index (χ4n) is 3.35. The van der Waals surface area contributed by atoms with E-state index >= 15 is 0 Å². The molecule has 0 bridgehead atoms. The molecule has 3 aromatic rings. The van der Waals surface area contributed by atoms with Crippen molar-refractivity contribution in [1.82, 2.24) is 4.90 Å². The van der Waals surface area contributed by atoms with Crippen LogP contribution >= 0.6 is 0 Å². The van der Waals surface area contributed by atoms with Crippen molar-refractivity contribution in [2.75, 3.05) is 13.1 Å². The second-order valence-electron chi connectivity index (χ2n) is 7.25. The summed E-state index contributed by atoms with van der Waals surface area (Å²) >= 11 is 0. The summed E-state index contributed by atoms with van der Waals surface area (Å²) in [7, 11) is 0. The van der Waals surface area contributed by atoms with Gasteiger partial charge in [0.2, 0.25) is 0 Å². The largest absolute Gasteiger partial charge is 0.298 e. The second kappa shape index (κ2) is 11.0. The van der Waals surface area contributed by atoms with Gasteiger partial charge in [0.15, 0.2) is 0 Å². The molecule has 4 heteroatoms. The second-order valence-corrected chi connectivity index (χ2v) is 7.25. The van der Waals surface area contributed by atoms with Gasteiger partial charge in [-0.2, -0.15) is 0 Å². The zero-order valence-electron chi connectivity index (χ0n) is 17.4. The number of rotatable bonds is 11. The van der Waals surface area contributed by atoms with Gasteiger partial charge in [0.25, 0.3) is 0 Å². The smallest absolute Gasteiger partial charge is 0.0622 e. The molecule has 3 rings (SSSR count). The molecule has 0 radical (unpaired) electrons. The molecule has 0 aliphatic carbocycles. The summed E-state index contributed by atoms with van der Waals surface area (Å²) in [5.41, 5.74) is 6.60. The van der Waals surface area contributed by atoms with Gasteiger partial charge in [-0.15, -0.1) is 0 Å². The van der Waals surface area contributed by atoms with Crippen molar-refractivity contribution in [3.8, 4) is 0 Å². The number of aliphatic imine (C=N–C) groups is 3. The van der Waals surface area contributed by atoms with Crippen LogP contribution in [-0.2, 0) is 19.4 Å². The van der Waals surface area contributed by atoms with E-state index in [1.54, 1.807) is 0 Å². The predicted octanol–water partition coefficient (Wildman–Crippen LogP) is 5.97. The molecule has 0 fully saturated rings. The van der Waals surface area contributed by atoms with Gasteiger partial charge in [0.05, 0.1) is 17.1 Å². The Morgan fingerprint density at radius 1 is 0.500 bits per heavy atom. The average Bonchev–Trinajstić information content (AvgIpc) is 2.82. The lowest BCUT2D eigenvalue weighted by Gasteiger charge is -2.23. The van der Waals surface area contributed by atoms with E-state index in [0.717, 1.165) is 49.5 Å². The zero-order valence-corrected chi connectivity index (χ0v) is 17.4. The third-order valence-corrected chi connectivity index (χ3v) is 5.20. The van der Waals surface area contributed by atoms with E-state index in [0.29, 0.717) is 0 Å². The molecule has 152 valence electrons. The SMILES string of the molecule is C=Nc1ccc(CCN(CCc2ccc(N=C)cc2)Cc2ccc(N=C)cc2)cc1. The summed E-state index contributed by atoms with van der Waals surface area (Å²) in [4.78, 5) is 14.4. The van der Waals surface area contributed by atoms with Crippen molar-refractivity contribution in [2.45, 2.75) is 19.4 Å². The number of benzene rings is 3. The first-order chi connectivity index (χ1) is 14.7. The molecule has 30 heavy (non-hydrogen) atoms. The van der Waals surface area contributed by atoms with Crippen LogP contribution in [0.25, 0.3) is 0 Å². The number of nitrogens with zero attached hydrogens (tertiary/aromatic N) is 4. The molecule has 0 N–H and O–H groups in total. The van der Waals surface area contributed by atoms with Gasteiger partial charge in [-0.05, 0) is 86.1 Å². The number of hydrogen-bond acceptors (Lipinski definition) is 4. The van der Waals surface area contributed by atoms with Gasteiger partial charge in [-0.3, -0.25) is 19.9 Å². The quantitative estimate of drug-likeness (QED) is 0.368. The summed E-state index contributed by atoms with van der Waals surface area (Å²) in [6.45, 7) is 13.6. The molecule has 0 aliphatic rings. The molecule has 0 unspecified atom stereocenters. The third-order valence-electron chi connectivity index (χ3n) is 5.20. The lowest BCUT2D eigenvalue weighted by molar-refractivity contribution is 0.272. The van der Waals surface area contributed by atoms with E-state index < -0.39 is 0 Å². The van der Waals surface area contributed by atoms with E-state index in [-0.39, 0.29) is 0 Å². The van der Waals surface area contributed by atoms with Crippen LogP contribution < -0.4 is 0 Å². The molecule has 0 atom stereocenters. The molecular formula is C26H28N4. The van der Waals surface area contributed by atoms with Crippen LogP contribution in [0.3, 0.4) is 0 Å². The molecule has 0 spiro atoms. The van der Waals surface area contributed by atoms with Gasteiger partial charge in [-0.1, -0.05) is 36.4 Å². The Hall–Kier alpha value is -3.37. The maximum absolute atomic E-state index is 3.98. The summed E-state index contributed by atoms with van der Waals surface area (Å²) in [6.07, 6.45) is 1.98. The topological polar surface area (TPSA) is 40.3 Å². The van der Waals surface area contributed by atoms with E-state index in [4.69, 9.17) is 0 Å². The van der Waals surface area contributed by atoms with Crippen LogP contribution in [0.4, 0.5) is 17.1 Å². The third kappa shape index (κ3) is 6.33. The van der Waals surface area contributed by atoms with E-state index in [9.17, 15) is 0 Å². The Bertz CT molecular complexity index is 902. The van der Waals surface area contributed by atoms with Crippen LogP contribution in [0.1, 0.15) is 16.7 Å². The van der Waals surface area contributed by atoms with Crippen molar-refractivity contribution < 1.29 is 0 Å². The van der Waals surface area contributed by atoms with Crippen LogP contribution in [-0.4, -0.2) is 38.1 Å². The molecule has 0 saturated heterocycles. The monoisotopic (exact) mass is 396 g/mol. The minimum atomic E-state index is 0.899. The van der Waals surface area contributed by atoms with Crippen LogP contribution in [0, 0.1) is 0 Å². The average molecular weight is 397 g/mol.